The number of pyridine rings is 1. The van der Waals surface area contributed by atoms with Crippen LogP contribution in [-0.2, 0) is 0 Å². The predicted octanol–water partition coefficient (Wildman–Crippen LogP) is 2.60. The maximum Gasteiger partial charge on any atom is 0.0346 e. The van der Waals surface area contributed by atoms with E-state index in [0.29, 0.717) is 6.54 Å². The van der Waals surface area contributed by atoms with E-state index in [2.05, 4.69) is 23.7 Å². The Hall–Kier alpha value is -1.67. The zero-order valence-corrected chi connectivity index (χ0v) is 8.61. The third kappa shape index (κ3) is 1.90. The monoisotopic (exact) mass is 198 g/mol. The standard InChI is InChI=1S/C13H14N2/c1-10(5-7-14)12-4-2-3-11-9-15-8-6-13(11)12/h2-4,6,8-9H,1,5,7,14H2. The van der Waals surface area contributed by atoms with Crippen LogP contribution in [0, 0.1) is 0 Å². The second kappa shape index (κ2) is 4.24. The van der Waals surface area contributed by atoms with Crippen LogP contribution in [0.2, 0.25) is 0 Å². The Morgan fingerprint density at radius 1 is 1.33 bits per heavy atom. The number of nitrogens with zero attached hydrogens (tertiary/aromatic N) is 1. The molecule has 15 heavy (non-hydrogen) atoms. The van der Waals surface area contributed by atoms with E-state index in [1.165, 1.54) is 10.9 Å². The molecule has 0 saturated carbocycles. The first kappa shape index (κ1) is 9.87. The fourth-order valence-electron chi connectivity index (χ4n) is 1.74. The van der Waals surface area contributed by atoms with Crippen LogP contribution in [0.1, 0.15) is 12.0 Å². The Kier molecular flexibility index (Phi) is 2.79. The molecule has 0 amide bonds. The summed E-state index contributed by atoms with van der Waals surface area (Å²) in [6.07, 6.45) is 4.51. The summed E-state index contributed by atoms with van der Waals surface area (Å²) in [5.41, 5.74) is 7.81. The highest BCUT2D eigenvalue weighted by Gasteiger charge is 2.03. The molecule has 0 fully saturated rings. The van der Waals surface area contributed by atoms with Crippen molar-refractivity contribution in [3.05, 3.63) is 48.8 Å². The zero-order chi connectivity index (χ0) is 10.7. The van der Waals surface area contributed by atoms with Crippen LogP contribution in [0.3, 0.4) is 0 Å². The molecule has 2 nitrogen and oxygen atoms in total. The van der Waals surface area contributed by atoms with E-state index in [1.54, 1.807) is 0 Å². The van der Waals surface area contributed by atoms with Crippen LogP contribution < -0.4 is 5.73 Å². The molecule has 0 atom stereocenters. The van der Waals surface area contributed by atoms with Gasteiger partial charge >= 0.3 is 0 Å². The first-order valence-corrected chi connectivity index (χ1v) is 5.04. The number of fused-ring (bicyclic) bond motifs is 1. The smallest absolute Gasteiger partial charge is 0.0346 e. The van der Waals surface area contributed by atoms with Gasteiger partial charge in [-0.2, -0.15) is 0 Å². The molecule has 1 aromatic heterocycles. The molecule has 76 valence electrons. The van der Waals surface area contributed by atoms with Gasteiger partial charge in [-0.3, -0.25) is 4.98 Å². The summed E-state index contributed by atoms with van der Waals surface area (Å²) in [6, 6.07) is 8.19. The van der Waals surface area contributed by atoms with Crippen molar-refractivity contribution >= 4 is 16.3 Å². The van der Waals surface area contributed by atoms with Gasteiger partial charge in [0.25, 0.3) is 0 Å². The molecule has 0 spiro atoms. The van der Waals surface area contributed by atoms with Crippen molar-refractivity contribution in [2.75, 3.05) is 6.54 Å². The summed E-state index contributed by atoms with van der Waals surface area (Å²) < 4.78 is 0. The molecule has 2 heteroatoms. The normalized spacial score (nSPS) is 10.5. The van der Waals surface area contributed by atoms with E-state index in [-0.39, 0.29) is 0 Å². The fourth-order valence-corrected chi connectivity index (χ4v) is 1.74. The van der Waals surface area contributed by atoms with Gasteiger partial charge in [0.15, 0.2) is 0 Å². The largest absolute Gasteiger partial charge is 0.330 e. The summed E-state index contributed by atoms with van der Waals surface area (Å²) in [4.78, 5) is 4.10. The highest BCUT2D eigenvalue weighted by Crippen LogP contribution is 2.24. The molecule has 0 aliphatic carbocycles. The molecule has 0 unspecified atom stereocenters. The van der Waals surface area contributed by atoms with Crippen LogP contribution in [0.4, 0.5) is 0 Å². The summed E-state index contributed by atoms with van der Waals surface area (Å²) in [5, 5.41) is 2.35. The molecular formula is C13H14N2. The van der Waals surface area contributed by atoms with Gasteiger partial charge in [-0.15, -0.1) is 0 Å². The molecule has 2 aromatic rings. The maximum atomic E-state index is 5.54. The quantitative estimate of drug-likeness (QED) is 0.823. The van der Waals surface area contributed by atoms with E-state index in [0.717, 1.165) is 17.4 Å². The number of aromatic nitrogens is 1. The van der Waals surface area contributed by atoms with Crippen LogP contribution >= 0.6 is 0 Å². The third-order valence-electron chi connectivity index (χ3n) is 2.51. The first-order valence-electron chi connectivity index (χ1n) is 5.04. The van der Waals surface area contributed by atoms with Crippen molar-refractivity contribution in [1.82, 2.24) is 4.98 Å². The van der Waals surface area contributed by atoms with E-state index in [1.807, 2.05) is 24.5 Å². The summed E-state index contributed by atoms with van der Waals surface area (Å²) in [7, 11) is 0. The Bertz CT molecular complexity index is 483. The molecule has 0 radical (unpaired) electrons. The lowest BCUT2D eigenvalue weighted by molar-refractivity contribution is 1.03. The lowest BCUT2D eigenvalue weighted by Crippen LogP contribution is -1.99. The van der Waals surface area contributed by atoms with Gasteiger partial charge in [0.05, 0.1) is 0 Å². The Balaban J connectivity index is 2.56. The lowest BCUT2D eigenvalue weighted by atomic mass is 9.99. The van der Waals surface area contributed by atoms with Crippen molar-refractivity contribution in [3.63, 3.8) is 0 Å². The third-order valence-corrected chi connectivity index (χ3v) is 2.51. The highest BCUT2D eigenvalue weighted by atomic mass is 14.6. The number of nitrogens with two attached hydrogens (primary N) is 1. The van der Waals surface area contributed by atoms with Gasteiger partial charge in [0.2, 0.25) is 0 Å². The highest BCUT2D eigenvalue weighted by molar-refractivity contribution is 5.92. The SMILES string of the molecule is C=C(CCN)c1cccc2cnccc12. The van der Waals surface area contributed by atoms with Crippen LogP contribution in [0.15, 0.2) is 43.2 Å². The Labute approximate surface area is 89.4 Å². The first-order chi connectivity index (χ1) is 7.33. The van der Waals surface area contributed by atoms with Crippen LogP contribution in [0.25, 0.3) is 16.3 Å². The van der Waals surface area contributed by atoms with Crippen molar-refractivity contribution < 1.29 is 0 Å². The van der Waals surface area contributed by atoms with E-state index in [9.17, 15) is 0 Å². The molecule has 1 aromatic carbocycles. The minimum absolute atomic E-state index is 0.639. The van der Waals surface area contributed by atoms with Gasteiger partial charge < -0.3 is 5.73 Å². The van der Waals surface area contributed by atoms with Gasteiger partial charge in [0.1, 0.15) is 0 Å². The molecular weight excluding hydrogens is 184 g/mol. The lowest BCUT2D eigenvalue weighted by Gasteiger charge is -2.08. The molecule has 0 saturated heterocycles. The number of hydrogen-bond donors (Lipinski definition) is 1. The summed E-state index contributed by atoms with van der Waals surface area (Å²) >= 11 is 0. The maximum absolute atomic E-state index is 5.54. The van der Waals surface area contributed by atoms with E-state index >= 15 is 0 Å². The van der Waals surface area contributed by atoms with Gasteiger partial charge in [-0.1, -0.05) is 24.8 Å². The van der Waals surface area contributed by atoms with E-state index < -0.39 is 0 Å². The number of hydrogen-bond acceptors (Lipinski definition) is 2. The van der Waals surface area contributed by atoms with Gasteiger partial charge in [-0.25, -0.2) is 0 Å². The van der Waals surface area contributed by atoms with E-state index in [4.69, 9.17) is 5.73 Å². The van der Waals surface area contributed by atoms with Crippen molar-refractivity contribution in [3.8, 4) is 0 Å². The Morgan fingerprint density at radius 2 is 2.20 bits per heavy atom. The fraction of sp³-hybridized carbons (Fsp3) is 0.154. The Morgan fingerprint density at radius 3 is 3.00 bits per heavy atom. The molecule has 2 rings (SSSR count). The molecule has 1 heterocycles. The van der Waals surface area contributed by atoms with Crippen molar-refractivity contribution in [1.29, 1.82) is 0 Å². The molecule has 0 aliphatic rings. The second-order valence-electron chi connectivity index (χ2n) is 3.54. The summed E-state index contributed by atoms with van der Waals surface area (Å²) in [6.45, 7) is 4.70. The average Bonchev–Trinajstić information content (AvgIpc) is 2.28. The summed E-state index contributed by atoms with van der Waals surface area (Å²) in [5.74, 6) is 0. The molecule has 0 aliphatic heterocycles. The average molecular weight is 198 g/mol. The zero-order valence-electron chi connectivity index (χ0n) is 8.61. The van der Waals surface area contributed by atoms with Crippen molar-refractivity contribution in [2.24, 2.45) is 5.73 Å². The van der Waals surface area contributed by atoms with Crippen LogP contribution in [0.5, 0.6) is 0 Å². The predicted molar refractivity (Wildman–Crippen MR) is 64.4 cm³/mol. The minimum atomic E-state index is 0.639. The van der Waals surface area contributed by atoms with Gasteiger partial charge in [-0.05, 0) is 35.6 Å². The molecule has 2 N–H and O–H groups in total. The van der Waals surface area contributed by atoms with Gasteiger partial charge in [0, 0.05) is 17.8 Å². The number of rotatable bonds is 3. The topological polar surface area (TPSA) is 38.9 Å². The molecule has 0 bridgehead atoms. The van der Waals surface area contributed by atoms with Crippen molar-refractivity contribution in [2.45, 2.75) is 6.42 Å². The van der Waals surface area contributed by atoms with Crippen LogP contribution in [-0.4, -0.2) is 11.5 Å². The second-order valence-corrected chi connectivity index (χ2v) is 3.54. The minimum Gasteiger partial charge on any atom is -0.330 e. The number of benzene rings is 1.